The van der Waals surface area contributed by atoms with Gasteiger partial charge >= 0.3 is 0 Å². The number of fused-ring (bicyclic) bond motifs is 1. The number of nitrogens with two attached hydrogens (primary N) is 1. The smallest absolute Gasteiger partial charge is 0.131 e. The van der Waals surface area contributed by atoms with Gasteiger partial charge in [-0.2, -0.15) is 0 Å². The van der Waals surface area contributed by atoms with Crippen LogP contribution in [-0.4, -0.2) is 48.6 Å². The molecule has 0 bridgehead atoms. The van der Waals surface area contributed by atoms with E-state index in [1.54, 1.807) is 0 Å². The minimum absolute atomic E-state index is 0.697. The maximum absolute atomic E-state index is 5.71. The van der Waals surface area contributed by atoms with Gasteiger partial charge in [-0.15, -0.1) is 0 Å². The summed E-state index contributed by atoms with van der Waals surface area (Å²) in [4.78, 5) is 9.74. The first-order valence-electron chi connectivity index (χ1n) is 7.51. The first kappa shape index (κ1) is 12.9. The molecule has 0 aromatic carbocycles. The van der Waals surface area contributed by atoms with Crippen molar-refractivity contribution in [2.45, 2.75) is 31.7 Å². The number of anilines is 1. The van der Waals surface area contributed by atoms with Crippen LogP contribution in [0.2, 0.25) is 0 Å². The number of piperazine rings is 1. The second-order valence-corrected chi connectivity index (χ2v) is 5.66. The van der Waals surface area contributed by atoms with E-state index >= 15 is 0 Å². The largest absolute Gasteiger partial charge is 0.354 e. The summed E-state index contributed by atoms with van der Waals surface area (Å²) in [6, 6.07) is 4.92. The summed E-state index contributed by atoms with van der Waals surface area (Å²) in [6.07, 6.45) is 6.93. The van der Waals surface area contributed by atoms with Crippen molar-refractivity contribution in [3.8, 4) is 0 Å². The second-order valence-electron chi connectivity index (χ2n) is 5.66. The molecule has 3 rings (SSSR count). The second kappa shape index (κ2) is 5.88. The standard InChI is InChI=1S/C15H24N4/c16-7-6-13-4-3-8-17-15(13)19-11-10-18-9-2-1-5-14(18)12-19/h3-4,8,14H,1-2,5-7,9-12,16H2. The Morgan fingerprint density at radius 1 is 1.26 bits per heavy atom. The Kier molecular flexibility index (Phi) is 3.99. The molecular formula is C15H24N4. The highest BCUT2D eigenvalue weighted by Crippen LogP contribution is 2.25. The Hall–Kier alpha value is -1.13. The van der Waals surface area contributed by atoms with E-state index in [1.165, 1.54) is 37.9 Å². The molecular weight excluding hydrogens is 236 g/mol. The van der Waals surface area contributed by atoms with Crippen molar-refractivity contribution >= 4 is 5.82 Å². The minimum Gasteiger partial charge on any atom is -0.354 e. The summed E-state index contributed by atoms with van der Waals surface area (Å²) in [5, 5.41) is 0. The molecule has 2 aliphatic heterocycles. The van der Waals surface area contributed by atoms with Crippen LogP contribution in [0, 0.1) is 0 Å². The van der Waals surface area contributed by atoms with Crippen molar-refractivity contribution in [3.05, 3.63) is 23.9 Å². The molecule has 1 aromatic rings. The highest BCUT2D eigenvalue weighted by atomic mass is 15.3. The zero-order chi connectivity index (χ0) is 13.1. The van der Waals surface area contributed by atoms with Crippen molar-refractivity contribution in [1.29, 1.82) is 0 Å². The van der Waals surface area contributed by atoms with Crippen molar-refractivity contribution < 1.29 is 0 Å². The molecule has 0 radical (unpaired) electrons. The van der Waals surface area contributed by atoms with E-state index in [2.05, 4.69) is 20.9 Å². The number of nitrogens with zero attached hydrogens (tertiary/aromatic N) is 3. The summed E-state index contributed by atoms with van der Waals surface area (Å²) in [6.45, 7) is 5.40. The topological polar surface area (TPSA) is 45.4 Å². The van der Waals surface area contributed by atoms with Crippen molar-refractivity contribution in [2.24, 2.45) is 5.73 Å². The molecule has 4 heteroatoms. The van der Waals surface area contributed by atoms with Crippen LogP contribution in [0.3, 0.4) is 0 Å². The molecule has 3 heterocycles. The third kappa shape index (κ3) is 2.74. The Morgan fingerprint density at radius 2 is 2.21 bits per heavy atom. The maximum Gasteiger partial charge on any atom is 0.131 e. The molecule has 1 unspecified atom stereocenters. The molecule has 0 saturated carbocycles. The van der Waals surface area contributed by atoms with Crippen LogP contribution >= 0.6 is 0 Å². The van der Waals surface area contributed by atoms with Gasteiger partial charge in [0.1, 0.15) is 5.82 Å². The lowest BCUT2D eigenvalue weighted by atomic mass is 9.99. The predicted molar refractivity (Wildman–Crippen MR) is 78.4 cm³/mol. The lowest BCUT2D eigenvalue weighted by molar-refractivity contribution is 0.133. The van der Waals surface area contributed by atoms with Gasteiger partial charge < -0.3 is 10.6 Å². The highest BCUT2D eigenvalue weighted by Gasteiger charge is 2.29. The maximum atomic E-state index is 5.71. The lowest BCUT2D eigenvalue weighted by Crippen LogP contribution is -2.55. The summed E-state index contributed by atoms with van der Waals surface area (Å²) in [5.41, 5.74) is 7.01. The lowest BCUT2D eigenvalue weighted by Gasteiger charge is -2.44. The molecule has 2 saturated heterocycles. The van der Waals surface area contributed by atoms with Gasteiger partial charge in [-0.1, -0.05) is 12.5 Å². The number of pyridine rings is 1. The fourth-order valence-corrected chi connectivity index (χ4v) is 3.41. The van der Waals surface area contributed by atoms with Gasteiger partial charge in [0.25, 0.3) is 0 Å². The Labute approximate surface area is 115 Å². The summed E-state index contributed by atoms with van der Waals surface area (Å²) in [7, 11) is 0. The van der Waals surface area contributed by atoms with Crippen LogP contribution in [0.25, 0.3) is 0 Å². The van der Waals surface area contributed by atoms with Crippen LogP contribution in [-0.2, 0) is 6.42 Å². The quantitative estimate of drug-likeness (QED) is 0.888. The molecule has 19 heavy (non-hydrogen) atoms. The molecule has 1 atom stereocenters. The first-order chi connectivity index (χ1) is 9.38. The molecule has 2 N–H and O–H groups in total. The van der Waals surface area contributed by atoms with Gasteiger partial charge in [0.05, 0.1) is 0 Å². The summed E-state index contributed by atoms with van der Waals surface area (Å²) >= 11 is 0. The van der Waals surface area contributed by atoms with E-state index in [0.717, 1.165) is 31.4 Å². The van der Waals surface area contributed by atoms with Crippen LogP contribution in [0.15, 0.2) is 18.3 Å². The molecule has 4 nitrogen and oxygen atoms in total. The Morgan fingerprint density at radius 3 is 3.11 bits per heavy atom. The molecule has 104 valence electrons. The van der Waals surface area contributed by atoms with Crippen molar-refractivity contribution in [1.82, 2.24) is 9.88 Å². The first-order valence-corrected chi connectivity index (χ1v) is 7.51. The van der Waals surface area contributed by atoms with Crippen LogP contribution in [0.4, 0.5) is 5.82 Å². The average molecular weight is 260 g/mol. The fraction of sp³-hybridized carbons (Fsp3) is 0.667. The van der Waals surface area contributed by atoms with Crippen molar-refractivity contribution in [2.75, 3.05) is 37.6 Å². The third-order valence-electron chi connectivity index (χ3n) is 4.42. The monoisotopic (exact) mass is 260 g/mol. The molecule has 0 aliphatic carbocycles. The van der Waals surface area contributed by atoms with Crippen LogP contribution in [0.5, 0.6) is 0 Å². The predicted octanol–water partition coefficient (Wildman–Crippen LogP) is 1.26. The molecule has 2 fully saturated rings. The molecule has 1 aromatic heterocycles. The van der Waals surface area contributed by atoms with Crippen molar-refractivity contribution in [3.63, 3.8) is 0 Å². The third-order valence-corrected chi connectivity index (χ3v) is 4.42. The van der Waals surface area contributed by atoms with Gasteiger partial charge in [0.15, 0.2) is 0 Å². The van der Waals surface area contributed by atoms with E-state index in [1.807, 2.05) is 12.3 Å². The number of hydrogen-bond acceptors (Lipinski definition) is 4. The van der Waals surface area contributed by atoms with E-state index in [4.69, 9.17) is 5.73 Å². The Balaban J connectivity index is 1.75. The molecule has 2 aliphatic rings. The van der Waals surface area contributed by atoms with E-state index in [-0.39, 0.29) is 0 Å². The Bertz CT molecular complexity index is 420. The van der Waals surface area contributed by atoms with E-state index in [0.29, 0.717) is 6.54 Å². The molecule has 0 amide bonds. The number of aromatic nitrogens is 1. The van der Waals surface area contributed by atoms with Crippen LogP contribution < -0.4 is 10.6 Å². The average Bonchev–Trinajstić information content (AvgIpc) is 2.48. The fourth-order valence-electron chi connectivity index (χ4n) is 3.41. The molecule has 0 spiro atoms. The van der Waals surface area contributed by atoms with Crippen LogP contribution in [0.1, 0.15) is 24.8 Å². The zero-order valence-corrected chi connectivity index (χ0v) is 11.6. The SMILES string of the molecule is NCCc1cccnc1N1CCN2CCCCC2C1. The van der Waals surface area contributed by atoms with Gasteiger partial charge in [-0.05, 0) is 44.0 Å². The highest BCUT2D eigenvalue weighted by molar-refractivity contribution is 5.47. The van der Waals surface area contributed by atoms with E-state index in [9.17, 15) is 0 Å². The van der Waals surface area contributed by atoms with Gasteiger partial charge in [-0.25, -0.2) is 4.98 Å². The minimum atomic E-state index is 0.697. The zero-order valence-electron chi connectivity index (χ0n) is 11.6. The van der Waals surface area contributed by atoms with E-state index < -0.39 is 0 Å². The van der Waals surface area contributed by atoms with Gasteiger partial charge in [-0.3, -0.25) is 4.90 Å². The number of piperidine rings is 1. The summed E-state index contributed by atoms with van der Waals surface area (Å²) in [5.74, 6) is 1.16. The van der Waals surface area contributed by atoms with Gasteiger partial charge in [0.2, 0.25) is 0 Å². The number of hydrogen-bond donors (Lipinski definition) is 1. The summed E-state index contributed by atoms with van der Waals surface area (Å²) < 4.78 is 0. The number of rotatable bonds is 3. The van der Waals surface area contributed by atoms with Gasteiger partial charge in [0, 0.05) is 31.9 Å². The normalized spacial score (nSPS) is 24.3.